The molecule has 0 radical (unpaired) electrons. The van der Waals surface area contributed by atoms with E-state index in [2.05, 4.69) is 10.4 Å². The van der Waals surface area contributed by atoms with Crippen molar-refractivity contribution >= 4 is 11.6 Å². The number of rotatable bonds is 9. The van der Waals surface area contributed by atoms with Gasteiger partial charge in [-0.1, -0.05) is 0 Å². The molecular formula is C24H24F3N3O4. The highest BCUT2D eigenvalue weighted by atomic mass is 19.4. The van der Waals surface area contributed by atoms with Gasteiger partial charge in [0.25, 0.3) is 5.56 Å². The summed E-state index contributed by atoms with van der Waals surface area (Å²) in [5.41, 5.74) is 0.0857. The van der Waals surface area contributed by atoms with E-state index in [9.17, 15) is 22.8 Å². The summed E-state index contributed by atoms with van der Waals surface area (Å²) in [6.07, 6.45) is -4.32. The van der Waals surface area contributed by atoms with Gasteiger partial charge in [0.2, 0.25) is 5.91 Å². The van der Waals surface area contributed by atoms with Crippen LogP contribution in [0.5, 0.6) is 11.5 Å². The summed E-state index contributed by atoms with van der Waals surface area (Å²) in [6.45, 7) is 2.61. The van der Waals surface area contributed by atoms with Crippen molar-refractivity contribution in [1.82, 2.24) is 9.78 Å². The zero-order valence-electron chi connectivity index (χ0n) is 18.7. The summed E-state index contributed by atoms with van der Waals surface area (Å²) in [4.78, 5) is 24.5. The van der Waals surface area contributed by atoms with Crippen LogP contribution in [0.15, 0.2) is 59.4 Å². The largest absolute Gasteiger partial charge is 0.495 e. The number of hydrogen-bond acceptors (Lipinski definition) is 5. The second-order valence-corrected chi connectivity index (χ2v) is 7.30. The maximum atomic E-state index is 13.0. The Hall–Kier alpha value is -3.82. The molecule has 1 N–H and O–H groups in total. The standard InChI is InChI=1S/C24H24F3N3O4/c1-3-34-18-9-6-16(7-10-18)19-11-13-23(32)30(29-19)14-4-5-22(31)28-20-15-17(24(25,26)27)8-12-21(20)33-2/h6-13,15H,3-5,14H2,1-2H3,(H,28,31). The Morgan fingerprint density at radius 3 is 2.47 bits per heavy atom. The molecular weight excluding hydrogens is 451 g/mol. The van der Waals surface area contributed by atoms with Crippen LogP contribution >= 0.6 is 0 Å². The third kappa shape index (κ3) is 6.37. The lowest BCUT2D eigenvalue weighted by atomic mass is 10.1. The summed E-state index contributed by atoms with van der Waals surface area (Å²) >= 11 is 0. The quantitative estimate of drug-likeness (QED) is 0.483. The highest BCUT2D eigenvalue weighted by Crippen LogP contribution is 2.35. The average molecular weight is 475 g/mol. The van der Waals surface area contributed by atoms with Crippen LogP contribution in [-0.4, -0.2) is 29.4 Å². The lowest BCUT2D eigenvalue weighted by Crippen LogP contribution is -2.23. The second-order valence-electron chi connectivity index (χ2n) is 7.30. The highest BCUT2D eigenvalue weighted by Gasteiger charge is 2.31. The lowest BCUT2D eigenvalue weighted by molar-refractivity contribution is -0.137. The van der Waals surface area contributed by atoms with Crippen molar-refractivity contribution in [3.63, 3.8) is 0 Å². The Bertz CT molecular complexity index is 1190. The molecule has 2 aromatic carbocycles. The number of nitrogens with zero attached hydrogens (tertiary/aromatic N) is 2. The SMILES string of the molecule is CCOc1ccc(-c2ccc(=O)n(CCCC(=O)Nc3cc(C(F)(F)F)ccc3OC)n2)cc1. The maximum Gasteiger partial charge on any atom is 0.416 e. The number of methoxy groups -OCH3 is 1. The van der Waals surface area contributed by atoms with Crippen LogP contribution in [0.25, 0.3) is 11.3 Å². The fourth-order valence-corrected chi connectivity index (χ4v) is 3.24. The fraction of sp³-hybridized carbons (Fsp3) is 0.292. The third-order valence-corrected chi connectivity index (χ3v) is 4.90. The predicted octanol–water partition coefficient (Wildman–Crippen LogP) is 4.76. The third-order valence-electron chi connectivity index (χ3n) is 4.90. The number of ether oxygens (including phenoxy) is 2. The molecule has 0 saturated heterocycles. The van der Waals surface area contributed by atoms with Crippen molar-refractivity contribution in [1.29, 1.82) is 0 Å². The molecule has 34 heavy (non-hydrogen) atoms. The van der Waals surface area contributed by atoms with Crippen LogP contribution in [0.3, 0.4) is 0 Å². The van der Waals surface area contributed by atoms with Gasteiger partial charge in [0, 0.05) is 24.6 Å². The van der Waals surface area contributed by atoms with Crippen LogP contribution in [0.4, 0.5) is 18.9 Å². The lowest BCUT2D eigenvalue weighted by Gasteiger charge is -2.14. The number of amides is 1. The van der Waals surface area contributed by atoms with Gasteiger partial charge in [-0.2, -0.15) is 18.3 Å². The predicted molar refractivity (Wildman–Crippen MR) is 121 cm³/mol. The van der Waals surface area contributed by atoms with Crippen LogP contribution in [0, 0.1) is 0 Å². The number of nitrogens with one attached hydrogen (secondary N) is 1. The van der Waals surface area contributed by atoms with Crippen LogP contribution in [0.1, 0.15) is 25.3 Å². The van der Waals surface area contributed by atoms with Gasteiger partial charge in [0.1, 0.15) is 11.5 Å². The number of carbonyl (C=O) groups is 1. The number of halogens is 3. The molecule has 1 amide bonds. The normalized spacial score (nSPS) is 11.2. The van der Waals surface area contributed by atoms with Gasteiger partial charge >= 0.3 is 6.18 Å². The van der Waals surface area contributed by atoms with Crippen molar-refractivity contribution in [2.75, 3.05) is 19.0 Å². The molecule has 0 saturated carbocycles. The molecule has 3 rings (SSSR count). The Labute approximate surface area is 194 Å². The molecule has 10 heteroatoms. The van der Waals surface area contributed by atoms with E-state index in [-0.39, 0.29) is 36.4 Å². The van der Waals surface area contributed by atoms with Gasteiger partial charge in [0.15, 0.2) is 0 Å². The van der Waals surface area contributed by atoms with Crippen LogP contribution < -0.4 is 20.3 Å². The second kappa shape index (κ2) is 10.9. The number of benzene rings is 2. The molecule has 1 heterocycles. The average Bonchev–Trinajstić information content (AvgIpc) is 2.80. The molecule has 0 bridgehead atoms. The molecule has 0 fully saturated rings. The Kier molecular flexibility index (Phi) is 7.93. The zero-order chi connectivity index (χ0) is 24.7. The molecule has 0 atom stereocenters. The Morgan fingerprint density at radius 1 is 1.09 bits per heavy atom. The van der Waals surface area contributed by atoms with Crippen molar-refractivity contribution < 1.29 is 27.4 Å². The minimum absolute atomic E-state index is 0.0270. The van der Waals surface area contributed by atoms with Crippen LogP contribution in [0.2, 0.25) is 0 Å². The summed E-state index contributed by atoms with van der Waals surface area (Å²) < 4.78 is 50.6. The highest BCUT2D eigenvalue weighted by molar-refractivity contribution is 5.92. The smallest absolute Gasteiger partial charge is 0.416 e. The van der Waals surface area contributed by atoms with E-state index in [4.69, 9.17) is 9.47 Å². The van der Waals surface area contributed by atoms with Crippen molar-refractivity contribution in [3.8, 4) is 22.8 Å². The topological polar surface area (TPSA) is 82.5 Å². The van der Waals surface area contributed by atoms with Gasteiger partial charge < -0.3 is 14.8 Å². The number of hydrogen-bond donors (Lipinski definition) is 1. The molecule has 0 aliphatic rings. The van der Waals surface area contributed by atoms with E-state index in [1.807, 2.05) is 31.2 Å². The Morgan fingerprint density at radius 2 is 1.82 bits per heavy atom. The number of carbonyl (C=O) groups excluding carboxylic acids is 1. The number of anilines is 1. The van der Waals surface area contributed by atoms with E-state index in [0.29, 0.717) is 12.3 Å². The summed E-state index contributed by atoms with van der Waals surface area (Å²) in [5, 5.41) is 6.80. The van der Waals surface area contributed by atoms with E-state index in [0.717, 1.165) is 29.5 Å². The summed E-state index contributed by atoms with van der Waals surface area (Å²) in [6, 6.07) is 13.1. The van der Waals surface area contributed by atoms with Crippen molar-refractivity contribution in [3.05, 3.63) is 70.5 Å². The van der Waals surface area contributed by atoms with Crippen molar-refractivity contribution in [2.24, 2.45) is 0 Å². The summed E-state index contributed by atoms with van der Waals surface area (Å²) in [5.74, 6) is 0.332. The maximum absolute atomic E-state index is 13.0. The van der Waals surface area contributed by atoms with Gasteiger partial charge in [-0.05, 0) is 61.9 Å². The first-order valence-electron chi connectivity index (χ1n) is 10.6. The minimum Gasteiger partial charge on any atom is -0.495 e. The van der Waals surface area contributed by atoms with Crippen LogP contribution in [-0.2, 0) is 17.5 Å². The Balaban J connectivity index is 1.64. The van der Waals surface area contributed by atoms with Gasteiger partial charge in [0.05, 0.1) is 30.7 Å². The monoisotopic (exact) mass is 475 g/mol. The first-order chi connectivity index (χ1) is 16.2. The number of alkyl halides is 3. The van der Waals surface area contributed by atoms with E-state index < -0.39 is 17.6 Å². The molecule has 1 aromatic heterocycles. The fourth-order valence-electron chi connectivity index (χ4n) is 3.24. The molecule has 0 aliphatic heterocycles. The van der Waals surface area contributed by atoms with Gasteiger partial charge in [-0.15, -0.1) is 0 Å². The molecule has 7 nitrogen and oxygen atoms in total. The molecule has 0 unspecified atom stereocenters. The number of aryl methyl sites for hydroxylation is 1. The van der Waals surface area contributed by atoms with Gasteiger partial charge in [-0.3, -0.25) is 9.59 Å². The molecule has 180 valence electrons. The van der Waals surface area contributed by atoms with Gasteiger partial charge in [-0.25, -0.2) is 4.68 Å². The molecule has 0 aliphatic carbocycles. The molecule has 0 spiro atoms. The zero-order valence-corrected chi connectivity index (χ0v) is 18.7. The van der Waals surface area contributed by atoms with Crippen molar-refractivity contribution in [2.45, 2.75) is 32.5 Å². The van der Waals surface area contributed by atoms with E-state index in [1.165, 1.54) is 17.9 Å². The van der Waals surface area contributed by atoms with E-state index in [1.54, 1.807) is 6.07 Å². The first kappa shape index (κ1) is 24.8. The molecule has 3 aromatic rings. The van der Waals surface area contributed by atoms with E-state index >= 15 is 0 Å². The summed E-state index contributed by atoms with van der Waals surface area (Å²) in [7, 11) is 1.30. The minimum atomic E-state index is -4.55. The first-order valence-corrected chi connectivity index (χ1v) is 10.6. The number of aromatic nitrogens is 2.